The molecule has 150 valence electrons. The number of nitrogens with two attached hydrogens (primary N) is 1. The highest BCUT2D eigenvalue weighted by molar-refractivity contribution is 5.89. The number of nitrogens with zero attached hydrogens (tertiary/aromatic N) is 1. The maximum Gasteiger partial charge on any atom is 0.247 e. The highest BCUT2D eigenvalue weighted by Crippen LogP contribution is 2.29. The summed E-state index contributed by atoms with van der Waals surface area (Å²) in [5, 5.41) is 3.20. The highest BCUT2D eigenvalue weighted by Gasteiger charge is 2.34. The summed E-state index contributed by atoms with van der Waals surface area (Å²) in [6.07, 6.45) is 8.34. The molecule has 2 unspecified atom stereocenters. The van der Waals surface area contributed by atoms with Gasteiger partial charge in [-0.25, -0.2) is 0 Å². The Morgan fingerprint density at radius 3 is 2.44 bits per heavy atom. The van der Waals surface area contributed by atoms with Crippen molar-refractivity contribution in [2.75, 3.05) is 13.1 Å². The molecule has 2 aliphatic rings. The third kappa shape index (κ3) is 5.45. The first-order chi connectivity index (χ1) is 12.7. The van der Waals surface area contributed by atoms with Gasteiger partial charge in [-0.15, -0.1) is 12.4 Å². The first kappa shape index (κ1) is 21.7. The van der Waals surface area contributed by atoms with Crippen LogP contribution in [0.1, 0.15) is 63.0 Å². The lowest BCUT2D eigenvalue weighted by atomic mass is 9.83. The summed E-state index contributed by atoms with van der Waals surface area (Å²) in [6, 6.07) is 9.09. The van der Waals surface area contributed by atoms with E-state index in [0.29, 0.717) is 25.4 Å². The van der Waals surface area contributed by atoms with Gasteiger partial charge in [0, 0.05) is 25.6 Å². The predicted molar refractivity (Wildman–Crippen MR) is 110 cm³/mol. The molecule has 2 atom stereocenters. The van der Waals surface area contributed by atoms with Crippen LogP contribution in [0.25, 0.3) is 0 Å². The molecule has 0 spiro atoms. The lowest BCUT2D eigenvalue weighted by Crippen LogP contribution is -2.52. The maximum absolute atomic E-state index is 13.2. The van der Waals surface area contributed by atoms with Crippen molar-refractivity contribution in [3.05, 3.63) is 35.9 Å². The molecular formula is C21H32ClN3O2. The van der Waals surface area contributed by atoms with Crippen molar-refractivity contribution in [2.45, 2.75) is 63.5 Å². The number of carbonyl (C=O) groups is 2. The number of carbonyl (C=O) groups excluding carboxylic acids is 2. The van der Waals surface area contributed by atoms with E-state index in [1.54, 1.807) is 4.90 Å². The predicted octanol–water partition coefficient (Wildman–Crippen LogP) is 3.19. The summed E-state index contributed by atoms with van der Waals surface area (Å²) in [5.41, 5.74) is 6.88. The van der Waals surface area contributed by atoms with Crippen molar-refractivity contribution in [1.29, 1.82) is 0 Å². The van der Waals surface area contributed by atoms with E-state index in [1.165, 1.54) is 19.3 Å². The molecule has 1 aliphatic heterocycles. The van der Waals surface area contributed by atoms with Crippen LogP contribution in [0.3, 0.4) is 0 Å². The Labute approximate surface area is 168 Å². The number of nitrogens with one attached hydrogen (secondary N) is 1. The summed E-state index contributed by atoms with van der Waals surface area (Å²) in [6.45, 7) is 1.09. The van der Waals surface area contributed by atoms with Crippen molar-refractivity contribution >= 4 is 24.2 Å². The number of rotatable bonds is 6. The van der Waals surface area contributed by atoms with E-state index >= 15 is 0 Å². The molecule has 1 aromatic rings. The molecule has 1 saturated carbocycles. The second-order valence-electron chi connectivity index (χ2n) is 7.61. The average molecular weight is 394 g/mol. The highest BCUT2D eigenvalue weighted by atomic mass is 35.5. The minimum absolute atomic E-state index is 0. The monoisotopic (exact) mass is 393 g/mol. The first-order valence-corrected chi connectivity index (χ1v) is 10.1. The van der Waals surface area contributed by atoms with Gasteiger partial charge in [-0.3, -0.25) is 9.59 Å². The quantitative estimate of drug-likeness (QED) is 0.779. The molecule has 5 nitrogen and oxygen atoms in total. The fourth-order valence-corrected chi connectivity index (χ4v) is 4.38. The molecule has 0 aromatic heterocycles. The first-order valence-electron chi connectivity index (χ1n) is 10.1. The molecule has 27 heavy (non-hydrogen) atoms. The lowest BCUT2D eigenvalue weighted by molar-refractivity contribution is -0.143. The zero-order chi connectivity index (χ0) is 18.4. The Bertz CT molecular complexity index is 605. The Hall–Kier alpha value is -1.59. The number of hydrogen-bond acceptors (Lipinski definition) is 3. The van der Waals surface area contributed by atoms with Gasteiger partial charge in [0.2, 0.25) is 11.8 Å². The van der Waals surface area contributed by atoms with Gasteiger partial charge in [-0.1, -0.05) is 49.6 Å². The van der Waals surface area contributed by atoms with Crippen molar-refractivity contribution in [1.82, 2.24) is 10.2 Å². The number of piperidine rings is 1. The number of halogens is 1. The van der Waals surface area contributed by atoms with Gasteiger partial charge < -0.3 is 16.0 Å². The molecule has 1 aliphatic carbocycles. The minimum Gasteiger partial charge on any atom is -0.350 e. The van der Waals surface area contributed by atoms with Crippen molar-refractivity contribution in [3.63, 3.8) is 0 Å². The third-order valence-corrected chi connectivity index (χ3v) is 5.84. The van der Waals surface area contributed by atoms with E-state index in [4.69, 9.17) is 5.73 Å². The number of hydrogen-bond donors (Lipinski definition) is 2. The summed E-state index contributed by atoms with van der Waals surface area (Å²) in [7, 11) is 0. The van der Waals surface area contributed by atoms with Crippen LogP contribution in [0, 0.1) is 5.92 Å². The lowest BCUT2D eigenvalue weighted by Gasteiger charge is -2.36. The molecule has 6 heteroatoms. The molecule has 2 fully saturated rings. The van der Waals surface area contributed by atoms with Crippen molar-refractivity contribution in [2.24, 2.45) is 11.7 Å². The van der Waals surface area contributed by atoms with Gasteiger partial charge in [-0.2, -0.15) is 0 Å². The van der Waals surface area contributed by atoms with E-state index in [1.807, 2.05) is 30.3 Å². The topological polar surface area (TPSA) is 75.4 Å². The van der Waals surface area contributed by atoms with Crippen molar-refractivity contribution < 1.29 is 9.59 Å². The van der Waals surface area contributed by atoms with Crippen molar-refractivity contribution in [3.8, 4) is 0 Å². The average Bonchev–Trinajstić information content (AvgIpc) is 2.69. The summed E-state index contributed by atoms with van der Waals surface area (Å²) >= 11 is 0. The minimum atomic E-state index is -0.554. The van der Waals surface area contributed by atoms with Gasteiger partial charge in [0.05, 0.1) is 0 Å². The smallest absolute Gasteiger partial charge is 0.247 e. The number of amides is 2. The fourth-order valence-electron chi connectivity index (χ4n) is 4.38. The van der Waals surface area contributed by atoms with Gasteiger partial charge in [0.1, 0.15) is 6.04 Å². The summed E-state index contributed by atoms with van der Waals surface area (Å²) in [5.74, 6) is 0.431. The van der Waals surface area contributed by atoms with Crippen LogP contribution in [-0.4, -0.2) is 35.8 Å². The fraction of sp³-hybridized carbons (Fsp3) is 0.619. The zero-order valence-electron chi connectivity index (χ0n) is 15.9. The van der Waals surface area contributed by atoms with Crippen LogP contribution >= 0.6 is 12.4 Å². The van der Waals surface area contributed by atoms with Gasteiger partial charge >= 0.3 is 0 Å². The molecule has 1 heterocycles. The Morgan fingerprint density at radius 2 is 1.81 bits per heavy atom. The molecule has 1 saturated heterocycles. The van der Waals surface area contributed by atoms with Crippen LogP contribution in [0.15, 0.2) is 30.3 Å². The van der Waals surface area contributed by atoms with Gasteiger partial charge in [0.15, 0.2) is 0 Å². The molecule has 0 radical (unpaired) electrons. The SMILES string of the molecule is Cl.NCC(NC(=O)C(c1ccccc1)N1CCCCC1=O)C1CCCCC1. The second-order valence-corrected chi connectivity index (χ2v) is 7.61. The van der Waals surface area contributed by atoms with E-state index < -0.39 is 6.04 Å². The Morgan fingerprint density at radius 1 is 1.11 bits per heavy atom. The zero-order valence-corrected chi connectivity index (χ0v) is 16.8. The van der Waals surface area contributed by atoms with E-state index in [-0.39, 0.29) is 30.3 Å². The summed E-state index contributed by atoms with van der Waals surface area (Å²) in [4.78, 5) is 27.5. The molecular weight excluding hydrogens is 362 g/mol. The molecule has 1 aromatic carbocycles. The second kappa shape index (κ2) is 10.7. The Balaban J connectivity index is 0.00000261. The third-order valence-electron chi connectivity index (χ3n) is 5.84. The molecule has 3 rings (SSSR count). The maximum atomic E-state index is 13.2. The van der Waals surface area contributed by atoms with Gasteiger partial charge in [-0.05, 0) is 37.2 Å². The normalized spacial score (nSPS) is 20.5. The number of likely N-dealkylation sites (tertiary alicyclic amines) is 1. The van der Waals surface area contributed by atoms with Crippen LogP contribution in [-0.2, 0) is 9.59 Å². The largest absolute Gasteiger partial charge is 0.350 e. The Kier molecular flexibility index (Phi) is 8.58. The molecule has 2 amide bonds. The standard InChI is InChI=1S/C21H31N3O2.ClH/c22-15-18(16-9-3-1-4-10-16)23-21(26)20(17-11-5-2-6-12-17)24-14-8-7-13-19(24)25;/h2,5-6,11-12,16,18,20H,1,3-4,7-10,13-15,22H2,(H,23,26);1H. The van der Waals surface area contributed by atoms with E-state index in [2.05, 4.69) is 5.32 Å². The van der Waals surface area contributed by atoms with E-state index in [9.17, 15) is 9.59 Å². The van der Waals surface area contributed by atoms with Crippen LogP contribution in [0.4, 0.5) is 0 Å². The molecule has 3 N–H and O–H groups in total. The number of benzene rings is 1. The van der Waals surface area contributed by atoms with Gasteiger partial charge in [0.25, 0.3) is 0 Å². The van der Waals surface area contributed by atoms with Crippen LogP contribution in [0.2, 0.25) is 0 Å². The van der Waals surface area contributed by atoms with E-state index in [0.717, 1.165) is 31.2 Å². The van der Waals surface area contributed by atoms with Crippen LogP contribution in [0.5, 0.6) is 0 Å². The molecule has 0 bridgehead atoms. The van der Waals surface area contributed by atoms with Crippen LogP contribution < -0.4 is 11.1 Å². The summed E-state index contributed by atoms with van der Waals surface area (Å²) < 4.78 is 0.